The van der Waals surface area contributed by atoms with E-state index >= 15 is 0 Å². The molecule has 24 aromatic rings. The topological polar surface area (TPSA) is 219 Å². The second-order valence-electron chi connectivity index (χ2n) is 35.3. The molecule has 0 aliphatic rings. The van der Waals surface area contributed by atoms with Crippen LogP contribution in [-0.2, 0) is 0 Å². The Balaban J connectivity index is 0.000000125. The monoisotopic (exact) mass is 1890 g/mol. The van der Waals surface area contributed by atoms with Crippen LogP contribution in [0.3, 0.4) is 0 Å². The van der Waals surface area contributed by atoms with E-state index in [1.54, 1.807) is 31.0 Å². The lowest BCUT2D eigenvalue weighted by atomic mass is 9.94. The third-order valence-electron chi connectivity index (χ3n) is 25.2. The predicted octanol–water partition coefficient (Wildman–Crippen LogP) is 30.7. The molecule has 696 valence electrons. The molecule has 0 atom stereocenters. The largest absolute Gasteiger partial charge is 0.261 e. The minimum atomic E-state index is 0.602. The molecular formula is C130H91N17. The maximum atomic E-state index is 5.05. The van der Waals surface area contributed by atoms with Gasteiger partial charge in [-0.1, -0.05) is 352 Å². The Hall–Kier alpha value is -19.9. The number of hydrogen-bond donors (Lipinski definition) is 0. The zero-order chi connectivity index (χ0) is 99.0. The second kappa shape index (κ2) is 43.0. The highest BCUT2D eigenvalue weighted by Gasteiger charge is 2.22. The van der Waals surface area contributed by atoms with Crippen molar-refractivity contribution in [2.45, 2.75) is 20.8 Å². The first kappa shape index (κ1) is 92.1. The van der Waals surface area contributed by atoms with E-state index in [1.165, 1.54) is 0 Å². The van der Waals surface area contributed by atoms with Gasteiger partial charge in [-0.25, -0.2) is 54.8 Å². The molecule has 0 unspecified atom stereocenters. The molecule has 17 heteroatoms. The highest BCUT2D eigenvalue weighted by Crippen LogP contribution is 2.41. The Morgan fingerprint density at radius 1 is 0.116 bits per heavy atom. The van der Waals surface area contributed by atoms with Crippen molar-refractivity contribution >= 4 is 0 Å². The summed E-state index contributed by atoms with van der Waals surface area (Å²) >= 11 is 0. The second-order valence-corrected chi connectivity index (χ2v) is 35.3. The van der Waals surface area contributed by atoms with Crippen LogP contribution in [-0.4, -0.2) is 84.7 Å². The van der Waals surface area contributed by atoms with E-state index in [9.17, 15) is 0 Å². The van der Waals surface area contributed by atoms with E-state index in [-0.39, 0.29) is 0 Å². The van der Waals surface area contributed by atoms with E-state index in [2.05, 4.69) is 225 Å². The molecule has 0 amide bonds. The molecule has 147 heavy (non-hydrogen) atoms. The van der Waals surface area contributed by atoms with Gasteiger partial charge in [0.15, 0.2) is 58.2 Å². The molecule has 0 aliphatic heterocycles. The van der Waals surface area contributed by atoms with Crippen LogP contribution in [0.4, 0.5) is 0 Å². The lowest BCUT2D eigenvalue weighted by Gasteiger charge is -2.13. The number of pyridine rings is 4. The first-order chi connectivity index (χ1) is 72.5. The van der Waals surface area contributed by atoms with Gasteiger partial charge in [-0.15, -0.1) is 0 Å². The highest BCUT2D eigenvalue weighted by molar-refractivity contribution is 5.87. The normalized spacial score (nSPS) is 11.0. The van der Waals surface area contributed by atoms with Crippen molar-refractivity contribution in [1.29, 1.82) is 0 Å². The lowest BCUT2D eigenvalue weighted by Crippen LogP contribution is -2.00. The van der Waals surface area contributed by atoms with Crippen molar-refractivity contribution in [1.82, 2.24) is 84.7 Å². The molecule has 0 saturated carbocycles. The first-order valence-corrected chi connectivity index (χ1v) is 48.5. The van der Waals surface area contributed by atoms with E-state index in [4.69, 9.17) is 59.8 Å². The van der Waals surface area contributed by atoms with Gasteiger partial charge in [0.25, 0.3) is 0 Å². The van der Waals surface area contributed by atoms with Crippen molar-refractivity contribution in [2.24, 2.45) is 0 Å². The minimum absolute atomic E-state index is 0.602. The van der Waals surface area contributed by atoms with Crippen LogP contribution in [0.25, 0.3) is 237 Å². The fraction of sp³-hybridized carbons (Fsp3) is 0.0231. The fourth-order valence-electron chi connectivity index (χ4n) is 17.6. The maximum absolute atomic E-state index is 5.05. The maximum Gasteiger partial charge on any atom is 0.164 e. The van der Waals surface area contributed by atoms with Crippen molar-refractivity contribution in [2.75, 3.05) is 0 Å². The summed E-state index contributed by atoms with van der Waals surface area (Å²) in [6, 6.07) is 157. The molecule has 0 aliphatic carbocycles. The van der Waals surface area contributed by atoms with Crippen LogP contribution >= 0.6 is 0 Å². The molecule has 0 fully saturated rings. The molecule has 15 aromatic carbocycles. The Morgan fingerprint density at radius 3 is 0.565 bits per heavy atom. The molecule has 17 nitrogen and oxygen atoms in total. The number of benzene rings is 15. The van der Waals surface area contributed by atoms with Gasteiger partial charge in [0.2, 0.25) is 0 Å². The van der Waals surface area contributed by atoms with Gasteiger partial charge in [0.05, 0.1) is 34.7 Å². The van der Waals surface area contributed by atoms with Crippen LogP contribution in [0.1, 0.15) is 17.1 Å². The summed E-state index contributed by atoms with van der Waals surface area (Å²) in [5.74, 6) is 6.27. The highest BCUT2D eigenvalue weighted by atomic mass is 15.1. The van der Waals surface area contributed by atoms with E-state index in [0.29, 0.717) is 58.2 Å². The van der Waals surface area contributed by atoms with E-state index in [1.807, 2.05) is 288 Å². The number of aromatic nitrogens is 17. The molecule has 0 saturated heterocycles. The Bertz CT molecular complexity index is 7710. The van der Waals surface area contributed by atoms with Gasteiger partial charge in [-0.05, 0) is 197 Å². The number of hydrogen-bond acceptors (Lipinski definition) is 17. The molecule has 24 rings (SSSR count). The Morgan fingerprint density at radius 2 is 0.320 bits per heavy atom. The number of nitrogens with zero attached hydrogens (tertiary/aromatic N) is 17. The first-order valence-electron chi connectivity index (χ1n) is 48.5. The lowest BCUT2D eigenvalue weighted by molar-refractivity contribution is 1.07. The standard InChI is InChI=1S/C44H31N5.2C43H30N6/c1-30-11-10-17-41(46-30)34-24-20-32(21-25-34)38-27-37(31-18-22-33(23-19-31)40-16-8-9-26-45-40)28-39(29-38)44-48-42(35-12-4-2-5-13-35)47-43(49-44)36-14-6-3-7-15-36;1-29-10-8-15-39(46-29)32-20-16-30(17-21-32)36-26-37(31-18-22-35(23-19-31)40-44-24-9-25-45-40)28-38(27-36)43-48-41(33-11-4-2-5-12-33)47-42(49-43)34-13-6-3-7-14-34;1-29-9-8-14-39(46-29)32-19-15-30(16-20-32)36-25-37(31-17-21-33(22-18-31)40-28-44-23-24-45-40)27-38(26-36)43-48-41(34-10-4-2-5-11-34)47-42(49-43)35-12-6-3-7-13-35/h2-29H,1H3;2*2-28H,1H3. The van der Waals surface area contributed by atoms with Gasteiger partial charge in [0, 0.05) is 132 Å². The molecule has 0 spiro atoms. The summed E-state index contributed by atoms with van der Waals surface area (Å²) in [5, 5.41) is 0. The van der Waals surface area contributed by atoms with Crippen molar-refractivity contribution < 1.29 is 0 Å². The minimum Gasteiger partial charge on any atom is -0.261 e. The molecule has 9 heterocycles. The summed E-state index contributed by atoms with van der Waals surface area (Å²) < 4.78 is 0. The van der Waals surface area contributed by atoms with Crippen molar-refractivity contribution in [3.63, 3.8) is 0 Å². The van der Waals surface area contributed by atoms with Crippen LogP contribution < -0.4 is 0 Å². The average molecular weight is 1890 g/mol. The summed E-state index contributed by atoms with van der Waals surface area (Å²) in [6.45, 7) is 6.04. The zero-order valence-electron chi connectivity index (χ0n) is 80.4. The van der Waals surface area contributed by atoms with Crippen LogP contribution in [0.5, 0.6) is 0 Å². The Labute approximate surface area is 852 Å². The van der Waals surface area contributed by atoms with Gasteiger partial charge < -0.3 is 0 Å². The fourth-order valence-corrected chi connectivity index (χ4v) is 17.6. The van der Waals surface area contributed by atoms with Gasteiger partial charge >= 0.3 is 0 Å². The van der Waals surface area contributed by atoms with E-state index in [0.717, 1.165) is 196 Å². The summed E-state index contributed by atoms with van der Waals surface area (Å²) in [6.07, 6.45) is 10.5. The molecular weight excluding hydrogens is 1800 g/mol. The van der Waals surface area contributed by atoms with Crippen LogP contribution in [0, 0.1) is 20.8 Å². The zero-order valence-corrected chi connectivity index (χ0v) is 80.4. The van der Waals surface area contributed by atoms with Crippen molar-refractivity contribution in [3.8, 4) is 237 Å². The summed E-state index contributed by atoms with van der Waals surface area (Å²) in [4.78, 5) is 81.2. The van der Waals surface area contributed by atoms with Gasteiger partial charge in [-0.3, -0.25) is 29.9 Å². The van der Waals surface area contributed by atoms with Gasteiger partial charge in [-0.2, -0.15) is 0 Å². The van der Waals surface area contributed by atoms with Crippen molar-refractivity contribution in [3.05, 3.63) is 515 Å². The third kappa shape index (κ3) is 21.9. The summed E-state index contributed by atoms with van der Waals surface area (Å²) in [5.41, 5.74) is 34.9. The average Bonchev–Trinajstić information content (AvgIpc) is 0.784. The smallest absolute Gasteiger partial charge is 0.164 e. The Kier molecular flexibility index (Phi) is 27.0. The van der Waals surface area contributed by atoms with Crippen LogP contribution in [0.15, 0.2) is 498 Å². The molecule has 0 N–H and O–H groups in total. The molecule has 0 bridgehead atoms. The number of aryl methyl sites for hydroxylation is 3. The van der Waals surface area contributed by atoms with Gasteiger partial charge in [0.1, 0.15) is 0 Å². The quantitative estimate of drug-likeness (QED) is 0.0653. The SMILES string of the molecule is Cc1cccc(-c2ccc(-c3cc(-c4ccc(-c5ccccn5)cc4)cc(-c4nc(-c5ccccc5)nc(-c5ccccc5)n4)c3)cc2)n1.Cc1cccc(-c2ccc(-c3cc(-c4ccc(-c5cnccn5)cc4)cc(-c4nc(-c5ccccc5)nc(-c5ccccc5)n4)c3)cc2)n1.Cc1cccc(-c2ccc(-c3cc(-c4ccc(-c5ncccn5)cc4)cc(-c4nc(-c5ccccc5)nc(-c5ccccc5)n4)c3)cc2)n1. The summed E-state index contributed by atoms with van der Waals surface area (Å²) in [7, 11) is 0. The molecule has 9 aromatic heterocycles. The third-order valence-corrected chi connectivity index (χ3v) is 25.2. The number of rotatable bonds is 21. The molecule has 0 radical (unpaired) electrons. The van der Waals surface area contributed by atoms with E-state index < -0.39 is 0 Å². The predicted molar refractivity (Wildman–Crippen MR) is 590 cm³/mol. The van der Waals surface area contributed by atoms with Crippen LogP contribution in [0.2, 0.25) is 0 Å².